The number of carbonyl (C=O) groups excluding carboxylic acids is 3. The highest BCUT2D eigenvalue weighted by Crippen LogP contribution is 1.99. The third-order valence-electron chi connectivity index (χ3n) is 2.64. The summed E-state index contributed by atoms with van der Waals surface area (Å²) in [7, 11) is 0. The minimum atomic E-state index is -1.44. The SMILES string of the molecule is NC(=O)CC[C@H](NC(=O)[C@H](CO)NC(=O)[C@@H](N)CO)C(=O)O. The summed E-state index contributed by atoms with van der Waals surface area (Å²) in [5.41, 5.74) is 10.1. The summed E-state index contributed by atoms with van der Waals surface area (Å²) in [6, 6.07) is -4.13. The van der Waals surface area contributed by atoms with Gasteiger partial charge in [-0.25, -0.2) is 4.79 Å². The molecule has 0 spiro atoms. The summed E-state index contributed by atoms with van der Waals surface area (Å²) in [6.07, 6.45) is -0.499. The van der Waals surface area contributed by atoms with Gasteiger partial charge in [-0.2, -0.15) is 0 Å². The standard InChI is InChI=1S/C11H20N4O7/c12-5(3-16)9(19)15-7(4-17)10(20)14-6(11(21)22)1-2-8(13)18/h5-7,16-17H,1-4,12H2,(H2,13,18)(H,14,20)(H,15,19)(H,21,22)/t5-,6-,7-/m0/s1. The Morgan fingerprint density at radius 3 is 1.91 bits per heavy atom. The lowest BCUT2D eigenvalue weighted by molar-refractivity contribution is -0.142. The van der Waals surface area contributed by atoms with Crippen LogP contribution in [0.2, 0.25) is 0 Å². The summed E-state index contributed by atoms with van der Waals surface area (Å²) >= 11 is 0. The molecule has 3 amide bonds. The van der Waals surface area contributed by atoms with Crippen LogP contribution in [0, 0.1) is 0 Å². The van der Waals surface area contributed by atoms with Crippen molar-refractivity contribution in [1.29, 1.82) is 0 Å². The number of carbonyl (C=O) groups is 4. The molecule has 0 aliphatic carbocycles. The van der Waals surface area contributed by atoms with Crippen LogP contribution in [-0.4, -0.2) is 70.3 Å². The molecule has 11 heteroatoms. The first-order chi connectivity index (χ1) is 10.2. The summed E-state index contributed by atoms with van der Waals surface area (Å²) < 4.78 is 0. The van der Waals surface area contributed by atoms with Gasteiger partial charge < -0.3 is 37.4 Å². The molecule has 0 saturated carbocycles. The molecule has 3 atom stereocenters. The average Bonchev–Trinajstić information content (AvgIpc) is 2.46. The summed E-state index contributed by atoms with van der Waals surface area (Å²) in [5.74, 6) is -4.00. The first-order valence-electron chi connectivity index (χ1n) is 6.32. The van der Waals surface area contributed by atoms with Gasteiger partial charge in [-0.05, 0) is 6.42 Å². The maximum atomic E-state index is 11.8. The molecule has 0 radical (unpaired) electrons. The molecule has 9 N–H and O–H groups in total. The molecule has 0 bridgehead atoms. The van der Waals surface area contributed by atoms with Gasteiger partial charge in [0.2, 0.25) is 17.7 Å². The van der Waals surface area contributed by atoms with Crippen molar-refractivity contribution in [1.82, 2.24) is 10.6 Å². The van der Waals surface area contributed by atoms with Crippen molar-refractivity contribution in [2.24, 2.45) is 11.5 Å². The fourth-order valence-electron chi connectivity index (χ4n) is 1.37. The highest BCUT2D eigenvalue weighted by atomic mass is 16.4. The molecule has 0 saturated heterocycles. The van der Waals surface area contributed by atoms with Crippen LogP contribution in [-0.2, 0) is 19.2 Å². The number of rotatable bonds is 10. The third-order valence-corrected chi connectivity index (χ3v) is 2.64. The van der Waals surface area contributed by atoms with Crippen LogP contribution in [0.5, 0.6) is 0 Å². The number of carboxylic acids is 1. The van der Waals surface area contributed by atoms with E-state index < -0.39 is 55.0 Å². The fraction of sp³-hybridized carbons (Fsp3) is 0.636. The monoisotopic (exact) mass is 320 g/mol. The zero-order chi connectivity index (χ0) is 17.3. The number of primary amides is 1. The molecule has 0 aromatic heterocycles. The molecule has 0 unspecified atom stereocenters. The quantitative estimate of drug-likeness (QED) is 0.209. The summed E-state index contributed by atoms with van der Waals surface area (Å²) in [5, 5.41) is 30.8. The lowest BCUT2D eigenvalue weighted by Gasteiger charge is -2.20. The molecular weight excluding hydrogens is 300 g/mol. The van der Waals surface area contributed by atoms with E-state index in [1.807, 2.05) is 0 Å². The number of hydrogen-bond donors (Lipinski definition) is 7. The van der Waals surface area contributed by atoms with Crippen LogP contribution in [0.3, 0.4) is 0 Å². The lowest BCUT2D eigenvalue weighted by Crippen LogP contribution is -2.56. The van der Waals surface area contributed by atoms with Gasteiger partial charge in [0.1, 0.15) is 18.1 Å². The first kappa shape index (κ1) is 19.8. The van der Waals surface area contributed by atoms with Crippen molar-refractivity contribution < 1.29 is 34.5 Å². The van der Waals surface area contributed by atoms with Crippen molar-refractivity contribution in [3.63, 3.8) is 0 Å². The van der Waals surface area contributed by atoms with E-state index in [-0.39, 0.29) is 12.8 Å². The zero-order valence-corrected chi connectivity index (χ0v) is 11.7. The number of amides is 3. The van der Waals surface area contributed by atoms with E-state index in [0.29, 0.717) is 0 Å². The normalized spacial score (nSPS) is 14.5. The van der Waals surface area contributed by atoms with E-state index in [0.717, 1.165) is 0 Å². The highest BCUT2D eigenvalue weighted by Gasteiger charge is 2.27. The largest absolute Gasteiger partial charge is 0.480 e. The van der Waals surface area contributed by atoms with Crippen molar-refractivity contribution in [3.05, 3.63) is 0 Å². The second kappa shape index (κ2) is 9.65. The smallest absolute Gasteiger partial charge is 0.326 e. The molecule has 0 fully saturated rings. The molecule has 0 aliphatic heterocycles. The summed E-state index contributed by atoms with van der Waals surface area (Å²) in [4.78, 5) is 44.8. The molecule has 22 heavy (non-hydrogen) atoms. The Hall–Kier alpha value is -2.24. The maximum absolute atomic E-state index is 11.8. The molecule has 0 rings (SSSR count). The van der Waals surface area contributed by atoms with E-state index in [4.69, 9.17) is 26.8 Å². The number of nitrogens with one attached hydrogen (secondary N) is 2. The van der Waals surface area contributed by atoms with E-state index in [2.05, 4.69) is 10.6 Å². The zero-order valence-electron chi connectivity index (χ0n) is 11.7. The predicted molar refractivity (Wildman–Crippen MR) is 72.1 cm³/mol. The van der Waals surface area contributed by atoms with E-state index in [1.54, 1.807) is 0 Å². The van der Waals surface area contributed by atoms with Gasteiger partial charge in [0.25, 0.3) is 0 Å². The number of hydrogen-bond acceptors (Lipinski definition) is 7. The number of aliphatic hydroxyl groups excluding tert-OH is 2. The van der Waals surface area contributed by atoms with Crippen LogP contribution >= 0.6 is 0 Å². The van der Waals surface area contributed by atoms with Gasteiger partial charge >= 0.3 is 5.97 Å². The molecular formula is C11H20N4O7. The van der Waals surface area contributed by atoms with Crippen molar-refractivity contribution in [3.8, 4) is 0 Å². The van der Waals surface area contributed by atoms with Crippen molar-refractivity contribution in [2.45, 2.75) is 31.0 Å². The van der Waals surface area contributed by atoms with Gasteiger partial charge in [0.05, 0.1) is 13.2 Å². The molecule has 0 aromatic rings. The Kier molecular flexibility index (Phi) is 8.67. The van der Waals surface area contributed by atoms with Gasteiger partial charge in [0, 0.05) is 6.42 Å². The van der Waals surface area contributed by atoms with Gasteiger partial charge in [-0.15, -0.1) is 0 Å². The average molecular weight is 320 g/mol. The Morgan fingerprint density at radius 1 is 0.955 bits per heavy atom. The Labute approximate surface area is 125 Å². The Morgan fingerprint density at radius 2 is 1.50 bits per heavy atom. The maximum Gasteiger partial charge on any atom is 0.326 e. The van der Waals surface area contributed by atoms with Crippen LogP contribution in [0.1, 0.15) is 12.8 Å². The van der Waals surface area contributed by atoms with Crippen molar-refractivity contribution in [2.75, 3.05) is 13.2 Å². The van der Waals surface area contributed by atoms with Gasteiger partial charge in [-0.3, -0.25) is 14.4 Å². The minimum Gasteiger partial charge on any atom is -0.480 e. The number of nitrogens with two attached hydrogens (primary N) is 2. The number of carboxylic acid groups (broad SMARTS) is 1. The number of aliphatic hydroxyl groups is 2. The third kappa shape index (κ3) is 6.97. The van der Waals surface area contributed by atoms with Crippen LogP contribution in [0.15, 0.2) is 0 Å². The Balaban J connectivity index is 4.70. The summed E-state index contributed by atoms with van der Waals surface area (Å²) in [6.45, 7) is -1.47. The first-order valence-corrected chi connectivity index (χ1v) is 6.32. The van der Waals surface area contributed by atoms with Crippen molar-refractivity contribution >= 4 is 23.7 Å². The predicted octanol–water partition coefficient (Wildman–Crippen LogP) is -4.38. The molecule has 126 valence electrons. The van der Waals surface area contributed by atoms with Gasteiger partial charge in [0.15, 0.2) is 0 Å². The number of aliphatic carboxylic acids is 1. The lowest BCUT2D eigenvalue weighted by atomic mass is 10.1. The Bertz CT molecular complexity index is 429. The molecule has 11 nitrogen and oxygen atoms in total. The van der Waals surface area contributed by atoms with Crippen LogP contribution < -0.4 is 22.1 Å². The highest BCUT2D eigenvalue weighted by molar-refractivity contribution is 5.92. The second-order valence-corrected chi connectivity index (χ2v) is 4.44. The molecule has 0 heterocycles. The van der Waals surface area contributed by atoms with Crippen LogP contribution in [0.4, 0.5) is 0 Å². The van der Waals surface area contributed by atoms with E-state index in [9.17, 15) is 19.2 Å². The molecule has 0 aliphatic rings. The van der Waals surface area contributed by atoms with Gasteiger partial charge in [-0.1, -0.05) is 0 Å². The van der Waals surface area contributed by atoms with E-state index >= 15 is 0 Å². The van der Waals surface area contributed by atoms with Crippen LogP contribution in [0.25, 0.3) is 0 Å². The van der Waals surface area contributed by atoms with E-state index in [1.165, 1.54) is 0 Å². The second-order valence-electron chi connectivity index (χ2n) is 4.44. The topological polar surface area (TPSA) is 205 Å². The minimum absolute atomic E-state index is 0.237. The fourth-order valence-corrected chi connectivity index (χ4v) is 1.37. The molecule has 0 aromatic carbocycles.